The van der Waals surface area contributed by atoms with E-state index in [4.69, 9.17) is 4.74 Å². The highest BCUT2D eigenvalue weighted by atomic mass is 16.5. The third-order valence-corrected chi connectivity index (χ3v) is 4.96. The molecule has 1 atom stereocenters. The molecule has 0 unspecified atom stereocenters. The molecule has 0 saturated carbocycles. The maximum absolute atomic E-state index is 12.8. The lowest BCUT2D eigenvalue weighted by molar-refractivity contribution is -0.148. The monoisotopic (exact) mass is 380 g/mol. The Morgan fingerprint density at radius 1 is 1.07 bits per heavy atom. The Morgan fingerprint density at radius 2 is 1.71 bits per heavy atom. The summed E-state index contributed by atoms with van der Waals surface area (Å²) >= 11 is 0. The largest absolute Gasteiger partial charge is 0.459 e. The van der Waals surface area contributed by atoms with Gasteiger partial charge in [-0.25, -0.2) is 4.79 Å². The van der Waals surface area contributed by atoms with Crippen molar-refractivity contribution in [3.63, 3.8) is 0 Å². The molecule has 0 aliphatic carbocycles. The van der Waals surface area contributed by atoms with E-state index in [2.05, 4.69) is 19.2 Å². The number of esters is 1. The van der Waals surface area contributed by atoms with Crippen molar-refractivity contribution in [2.24, 2.45) is 0 Å². The predicted molar refractivity (Wildman–Crippen MR) is 104 cm³/mol. The summed E-state index contributed by atoms with van der Waals surface area (Å²) in [6.07, 6.45) is 0. The Labute approximate surface area is 164 Å². The van der Waals surface area contributed by atoms with Crippen LogP contribution in [-0.2, 0) is 26.5 Å². The summed E-state index contributed by atoms with van der Waals surface area (Å²) in [5.74, 6) is -0.675. The molecular formula is C22H24N2O4. The van der Waals surface area contributed by atoms with Crippen LogP contribution in [-0.4, -0.2) is 29.4 Å². The zero-order valence-electron chi connectivity index (χ0n) is 16.3. The average Bonchev–Trinajstić information content (AvgIpc) is 2.91. The Kier molecular flexibility index (Phi) is 5.49. The van der Waals surface area contributed by atoms with E-state index in [1.165, 1.54) is 5.56 Å². The molecule has 28 heavy (non-hydrogen) atoms. The van der Waals surface area contributed by atoms with E-state index < -0.39 is 30.0 Å². The van der Waals surface area contributed by atoms with Gasteiger partial charge in [0.2, 0.25) is 0 Å². The molecular weight excluding hydrogens is 356 g/mol. The first-order valence-corrected chi connectivity index (χ1v) is 9.25. The minimum atomic E-state index is -1.19. The number of amides is 3. The minimum Gasteiger partial charge on any atom is -0.459 e. The lowest BCUT2D eigenvalue weighted by Gasteiger charge is -2.21. The van der Waals surface area contributed by atoms with Crippen LogP contribution in [0, 0.1) is 0 Å². The number of hydrogen-bond acceptors (Lipinski definition) is 4. The van der Waals surface area contributed by atoms with Gasteiger partial charge < -0.3 is 10.1 Å². The zero-order chi connectivity index (χ0) is 20.3. The second-order valence-corrected chi connectivity index (χ2v) is 7.37. The van der Waals surface area contributed by atoms with Crippen LogP contribution in [0.5, 0.6) is 0 Å². The first-order chi connectivity index (χ1) is 13.3. The highest BCUT2D eigenvalue weighted by molar-refractivity contribution is 6.08. The molecule has 6 heteroatoms. The summed E-state index contributed by atoms with van der Waals surface area (Å²) in [5, 5.41) is 2.67. The molecule has 1 saturated heterocycles. The summed E-state index contributed by atoms with van der Waals surface area (Å²) in [4.78, 5) is 38.1. The van der Waals surface area contributed by atoms with Gasteiger partial charge in [0, 0.05) is 0 Å². The van der Waals surface area contributed by atoms with Crippen molar-refractivity contribution >= 4 is 17.9 Å². The van der Waals surface area contributed by atoms with Crippen molar-refractivity contribution in [1.82, 2.24) is 10.2 Å². The van der Waals surface area contributed by atoms with Gasteiger partial charge in [-0.1, -0.05) is 68.4 Å². The van der Waals surface area contributed by atoms with Gasteiger partial charge in [-0.05, 0) is 29.5 Å². The highest BCUT2D eigenvalue weighted by Gasteiger charge is 2.49. The Hall–Kier alpha value is -3.15. The predicted octanol–water partition coefficient (Wildman–Crippen LogP) is 3.32. The first-order valence-electron chi connectivity index (χ1n) is 9.25. The standard InChI is InChI=1S/C22H24N2O4/c1-15(2)17-11-9-16(10-12-17)14-28-19(25)13-24-20(26)22(3,23-21(24)27)18-7-5-4-6-8-18/h4-12,15H,13-14H2,1-3H3,(H,23,27)/t22-/m0/s1. The first kappa shape index (κ1) is 19.6. The lowest BCUT2D eigenvalue weighted by Crippen LogP contribution is -2.41. The van der Waals surface area contributed by atoms with Crippen LogP contribution in [0.2, 0.25) is 0 Å². The number of carbonyl (C=O) groups is 3. The number of nitrogens with one attached hydrogen (secondary N) is 1. The van der Waals surface area contributed by atoms with Gasteiger partial charge in [-0.15, -0.1) is 0 Å². The normalized spacial score (nSPS) is 19.1. The summed E-state index contributed by atoms with van der Waals surface area (Å²) < 4.78 is 5.25. The fourth-order valence-corrected chi connectivity index (χ4v) is 3.15. The third-order valence-electron chi connectivity index (χ3n) is 4.96. The number of urea groups is 1. The molecule has 1 aliphatic rings. The maximum atomic E-state index is 12.8. The van der Waals surface area contributed by atoms with Gasteiger partial charge in [0.1, 0.15) is 18.7 Å². The second-order valence-electron chi connectivity index (χ2n) is 7.37. The van der Waals surface area contributed by atoms with Gasteiger partial charge >= 0.3 is 12.0 Å². The molecule has 146 valence electrons. The van der Waals surface area contributed by atoms with E-state index in [9.17, 15) is 14.4 Å². The summed E-state index contributed by atoms with van der Waals surface area (Å²) in [7, 11) is 0. The smallest absolute Gasteiger partial charge is 0.326 e. The van der Waals surface area contributed by atoms with E-state index in [1.807, 2.05) is 30.3 Å². The van der Waals surface area contributed by atoms with Gasteiger partial charge in [0.25, 0.3) is 5.91 Å². The van der Waals surface area contributed by atoms with Crippen LogP contribution in [0.1, 0.15) is 43.4 Å². The summed E-state index contributed by atoms with van der Waals surface area (Å²) in [6, 6.07) is 16.1. The number of rotatable bonds is 6. The maximum Gasteiger partial charge on any atom is 0.326 e. The Morgan fingerprint density at radius 3 is 2.32 bits per heavy atom. The fraction of sp³-hybridized carbons (Fsp3) is 0.318. The van der Waals surface area contributed by atoms with Crippen molar-refractivity contribution in [2.45, 2.75) is 38.8 Å². The number of benzene rings is 2. The van der Waals surface area contributed by atoms with Crippen LogP contribution in [0.15, 0.2) is 54.6 Å². The lowest BCUT2D eigenvalue weighted by atomic mass is 9.92. The average molecular weight is 380 g/mol. The molecule has 3 rings (SSSR count). The van der Waals surface area contributed by atoms with E-state index in [0.717, 1.165) is 10.5 Å². The molecule has 0 radical (unpaired) electrons. The van der Waals surface area contributed by atoms with Crippen molar-refractivity contribution in [3.05, 3.63) is 71.3 Å². The number of imide groups is 1. The van der Waals surface area contributed by atoms with Crippen LogP contribution >= 0.6 is 0 Å². The number of carbonyl (C=O) groups excluding carboxylic acids is 3. The third kappa shape index (κ3) is 3.91. The molecule has 0 spiro atoms. The van der Waals surface area contributed by atoms with E-state index >= 15 is 0 Å². The molecule has 1 N–H and O–H groups in total. The zero-order valence-corrected chi connectivity index (χ0v) is 16.3. The molecule has 0 aromatic heterocycles. The van der Waals surface area contributed by atoms with Gasteiger partial charge in [-0.2, -0.15) is 0 Å². The van der Waals surface area contributed by atoms with Crippen molar-refractivity contribution in [3.8, 4) is 0 Å². The fourth-order valence-electron chi connectivity index (χ4n) is 3.15. The van der Waals surface area contributed by atoms with Crippen LogP contribution in [0.25, 0.3) is 0 Å². The van der Waals surface area contributed by atoms with E-state index in [0.29, 0.717) is 11.5 Å². The molecule has 0 bridgehead atoms. The SMILES string of the molecule is CC(C)c1ccc(COC(=O)CN2C(=O)N[C@@](C)(c3ccccc3)C2=O)cc1. The molecule has 2 aromatic carbocycles. The molecule has 3 amide bonds. The van der Waals surface area contributed by atoms with Gasteiger partial charge in [-0.3, -0.25) is 14.5 Å². The van der Waals surface area contributed by atoms with Crippen molar-refractivity contribution in [1.29, 1.82) is 0 Å². The van der Waals surface area contributed by atoms with Crippen LogP contribution < -0.4 is 5.32 Å². The summed E-state index contributed by atoms with van der Waals surface area (Å²) in [5.41, 5.74) is 1.53. The molecule has 6 nitrogen and oxygen atoms in total. The van der Waals surface area contributed by atoms with E-state index in [1.54, 1.807) is 31.2 Å². The van der Waals surface area contributed by atoms with E-state index in [-0.39, 0.29) is 6.61 Å². The highest BCUT2D eigenvalue weighted by Crippen LogP contribution is 2.28. The van der Waals surface area contributed by atoms with Crippen molar-refractivity contribution < 1.29 is 19.1 Å². The quantitative estimate of drug-likeness (QED) is 0.616. The molecule has 1 aliphatic heterocycles. The second kappa shape index (κ2) is 7.84. The molecule has 1 heterocycles. The van der Waals surface area contributed by atoms with Crippen molar-refractivity contribution in [2.75, 3.05) is 6.54 Å². The minimum absolute atomic E-state index is 0.0941. The summed E-state index contributed by atoms with van der Waals surface area (Å²) in [6.45, 7) is 5.52. The Bertz CT molecular complexity index is 877. The molecule has 2 aromatic rings. The number of hydrogen-bond donors (Lipinski definition) is 1. The van der Waals surface area contributed by atoms with Gasteiger partial charge in [0.15, 0.2) is 0 Å². The van der Waals surface area contributed by atoms with Crippen LogP contribution in [0.3, 0.4) is 0 Å². The number of nitrogens with zero attached hydrogens (tertiary/aromatic N) is 1. The van der Waals surface area contributed by atoms with Crippen LogP contribution in [0.4, 0.5) is 4.79 Å². The van der Waals surface area contributed by atoms with Gasteiger partial charge in [0.05, 0.1) is 0 Å². The topological polar surface area (TPSA) is 75.7 Å². The molecule has 1 fully saturated rings. The number of ether oxygens (including phenoxy) is 1. The Balaban J connectivity index is 1.61.